The van der Waals surface area contributed by atoms with Crippen molar-refractivity contribution < 1.29 is 24.2 Å². The van der Waals surface area contributed by atoms with Crippen molar-refractivity contribution in [3.05, 3.63) is 0 Å². The van der Waals surface area contributed by atoms with Gasteiger partial charge in [0.1, 0.15) is 0 Å². The van der Waals surface area contributed by atoms with Crippen LogP contribution in [-0.2, 0) is 19.1 Å². The van der Waals surface area contributed by atoms with Crippen molar-refractivity contribution in [2.75, 3.05) is 52.6 Å². The molecule has 256 valence electrons. The summed E-state index contributed by atoms with van der Waals surface area (Å²) in [4.78, 5) is 29.4. The molecule has 4 aliphatic heterocycles. The molecule has 6 fully saturated rings. The van der Waals surface area contributed by atoms with Crippen LogP contribution in [0.5, 0.6) is 0 Å². The SMILES string of the molecule is CC(=O)N1CC(NC2CC(C(=O)NC[C@H](O)CN3CCC4CC(OCC5OCNC5C)CCC4C3)CC(C3CCCCC3)N2)C1. The van der Waals surface area contributed by atoms with Crippen LogP contribution in [0.25, 0.3) is 0 Å². The van der Waals surface area contributed by atoms with Crippen molar-refractivity contribution in [3.63, 3.8) is 0 Å². The van der Waals surface area contributed by atoms with Crippen LogP contribution in [0.3, 0.4) is 0 Å². The zero-order chi connectivity index (χ0) is 31.3. The molecule has 0 bridgehead atoms. The minimum absolute atomic E-state index is 0.0697. The van der Waals surface area contributed by atoms with E-state index >= 15 is 0 Å². The molecular weight excluding hydrogens is 572 g/mol. The summed E-state index contributed by atoms with van der Waals surface area (Å²) >= 11 is 0. The molecule has 6 rings (SSSR count). The van der Waals surface area contributed by atoms with Crippen molar-refractivity contribution >= 4 is 11.8 Å². The molecule has 11 heteroatoms. The monoisotopic (exact) mass is 632 g/mol. The predicted octanol–water partition coefficient (Wildman–Crippen LogP) is 1.40. The molecule has 0 aromatic carbocycles. The Kier molecular flexibility index (Phi) is 11.7. The van der Waals surface area contributed by atoms with Gasteiger partial charge in [0.05, 0.1) is 37.8 Å². The number of rotatable bonds is 11. The molecule has 0 radical (unpaired) electrons. The topological polar surface area (TPSA) is 127 Å². The molecule has 0 aromatic heterocycles. The van der Waals surface area contributed by atoms with Crippen molar-refractivity contribution in [2.24, 2.45) is 23.7 Å². The lowest BCUT2D eigenvalue weighted by molar-refractivity contribution is -0.133. The van der Waals surface area contributed by atoms with Gasteiger partial charge in [-0.1, -0.05) is 19.3 Å². The molecule has 2 saturated carbocycles. The molecule has 2 aliphatic carbocycles. The number of likely N-dealkylation sites (tertiary alicyclic amines) is 2. The highest BCUT2D eigenvalue weighted by Gasteiger charge is 2.40. The number of hydrogen-bond acceptors (Lipinski definition) is 9. The number of carbonyl (C=O) groups is 2. The lowest BCUT2D eigenvalue weighted by atomic mass is 9.74. The van der Waals surface area contributed by atoms with E-state index in [0.29, 0.717) is 62.4 Å². The summed E-state index contributed by atoms with van der Waals surface area (Å²) in [7, 11) is 0. The number of carbonyl (C=O) groups excluding carboxylic acids is 2. The van der Waals surface area contributed by atoms with E-state index in [9.17, 15) is 14.7 Å². The second-order valence-electron chi connectivity index (χ2n) is 15.3. The average Bonchev–Trinajstić information content (AvgIpc) is 3.44. The summed E-state index contributed by atoms with van der Waals surface area (Å²) in [6.07, 6.45) is 12.5. The number of amides is 2. The van der Waals surface area contributed by atoms with Crippen LogP contribution >= 0.6 is 0 Å². The van der Waals surface area contributed by atoms with E-state index < -0.39 is 6.10 Å². The van der Waals surface area contributed by atoms with Gasteiger partial charge >= 0.3 is 0 Å². The minimum atomic E-state index is -0.565. The number of aliphatic hydroxyl groups is 1. The molecule has 2 amide bonds. The van der Waals surface area contributed by atoms with Crippen LogP contribution in [0, 0.1) is 23.7 Å². The number of hydrogen-bond donors (Lipinski definition) is 5. The smallest absolute Gasteiger partial charge is 0.223 e. The Balaban J connectivity index is 0.922. The summed E-state index contributed by atoms with van der Waals surface area (Å²) in [5, 5.41) is 25.0. The molecule has 5 N–H and O–H groups in total. The fourth-order valence-corrected chi connectivity index (χ4v) is 9.08. The van der Waals surface area contributed by atoms with Gasteiger partial charge in [0.2, 0.25) is 11.8 Å². The van der Waals surface area contributed by atoms with Crippen LogP contribution in [0.15, 0.2) is 0 Å². The first-order valence-electron chi connectivity index (χ1n) is 18.2. The Bertz CT molecular complexity index is 977. The molecule has 9 atom stereocenters. The van der Waals surface area contributed by atoms with Crippen LogP contribution in [0.4, 0.5) is 0 Å². The van der Waals surface area contributed by atoms with E-state index in [1.54, 1.807) is 6.92 Å². The van der Waals surface area contributed by atoms with Gasteiger partial charge in [-0.15, -0.1) is 0 Å². The maximum absolute atomic E-state index is 13.5. The third-order valence-corrected chi connectivity index (χ3v) is 12.0. The minimum Gasteiger partial charge on any atom is -0.390 e. The normalized spacial score (nSPS) is 37.5. The Hall–Kier alpha value is -1.34. The van der Waals surface area contributed by atoms with Gasteiger partial charge in [-0.3, -0.25) is 25.5 Å². The summed E-state index contributed by atoms with van der Waals surface area (Å²) in [5.41, 5.74) is 0. The molecule has 6 aliphatic rings. The van der Waals surface area contributed by atoms with E-state index in [4.69, 9.17) is 9.47 Å². The Morgan fingerprint density at radius 3 is 2.58 bits per heavy atom. The van der Waals surface area contributed by atoms with Gasteiger partial charge in [0, 0.05) is 63.7 Å². The molecule has 11 nitrogen and oxygen atoms in total. The summed E-state index contributed by atoms with van der Waals surface area (Å²) in [6, 6.07) is 0.965. The van der Waals surface area contributed by atoms with Gasteiger partial charge in [0.15, 0.2) is 0 Å². The van der Waals surface area contributed by atoms with Gasteiger partial charge in [-0.2, -0.15) is 0 Å². The highest BCUT2D eigenvalue weighted by molar-refractivity contribution is 5.79. The van der Waals surface area contributed by atoms with E-state index in [1.165, 1.54) is 38.5 Å². The van der Waals surface area contributed by atoms with Gasteiger partial charge in [-0.25, -0.2) is 0 Å². The lowest BCUT2D eigenvalue weighted by Crippen LogP contribution is -2.66. The number of fused-ring (bicyclic) bond motifs is 1. The zero-order valence-corrected chi connectivity index (χ0v) is 27.8. The molecule has 0 aromatic rings. The highest BCUT2D eigenvalue weighted by atomic mass is 16.5. The van der Waals surface area contributed by atoms with Crippen molar-refractivity contribution in [1.82, 2.24) is 31.1 Å². The fraction of sp³-hybridized carbons (Fsp3) is 0.941. The lowest BCUT2D eigenvalue weighted by Gasteiger charge is -2.46. The van der Waals surface area contributed by atoms with Crippen molar-refractivity contribution in [2.45, 2.75) is 127 Å². The first-order valence-corrected chi connectivity index (χ1v) is 18.2. The molecule has 4 saturated heterocycles. The van der Waals surface area contributed by atoms with E-state index in [2.05, 4.69) is 33.1 Å². The second-order valence-corrected chi connectivity index (χ2v) is 15.3. The highest BCUT2D eigenvalue weighted by Crippen LogP contribution is 2.38. The van der Waals surface area contributed by atoms with Crippen molar-refractivity contribution in [3.8, 4) is 0 Å². The third kappa shape index (κ3) is 8.97. The van der Waals surface area contributed by atoms with E-state index in [-0.39, 0.29) is 36.0 Å². The number of nitrogens with zero attached hydrogens (tertiary/aromatic N) is 2. The number of aliphatic hydroxyl groups excluding tert-OH is 1. The summed E-state index contributed by atoms with van der Waals surface area (Å²) in [5.74, 6) is 2.11. The quantitative estimate of drug-likeness (QED) is 0.230. The predicted molar refractivity (Wildman–Crippen MR) is 172 cm³/mol. The fourth-order valence-electron chi connectivity index (χ4n) is 9.08. The standard InChI is InChI=1S/C34H60N6O5/c1-22-32(45-21-36-22)20-44-30-9-8-26-16-39(11-10-25(26)12-30)19-29(42)15-35-34(43)27-13-31(24-6-4-3-5-7-24)38-33(14-27)37-28-17-40(18-28)23(2)41/h22,24-33,36-38,42H,3-21H2,1-2H3,(H,35,43)/t22?,25?,26?,27?,29-,30?,31?,32?,33?/m0/s1. The Morgan fingerprint density at radius 1 is 1.00 bits per heavy atom. The molecule has 0 spiro atoms. The molecular formula is C34H60N6O5. The first-order chi connectivity index (χ1) is 21.8. The molecule has 8 unspecified atom stereocenters. The maximum atomic E-state index is 13.5. The summed E-state index contributed by atoms with van der Waals surface area (Å²) < 4.78 is 12.0. The summed E-state index contributed by atoms with van der Waals surface area (Å²) in [6.45, 7) is 9.51. The van der Waals surface area contributed by atoms with Crippen LogP contribution in [0.2, 0.25) is 0 Å². The Labute approximate surface area is 270 Å². The van der Waals surface area contributed by atoms with Gasteiger partial charge in [-0.05, 0) is 82.6 Å². The largest absolute Gasteiger partial charge is 0.390 e. The number of nitrogens with one attached hydrogen (secondary N) is 4. The third-order valence-electron chi connectivity index (χ3n) is 12.0. The van der Waals surface area contributed by atoms with Crippen LogP contribution < -0.4 is 21.3 Å². The molecule has 4 heterocycles. The van der Waals surface area contributed by atoms with E-state index in [1.807, 2.05) is 4.90 Å². The number of piperidine rings is 2. The molecule has 45 heavy (non-hydrogen) atoms. The van der Waals surface area contributed by atoms with Gasteiger partial charge in [0.25, 0.3) is 0 Å². The van der Waals surface area contributed by atoms with Crippen molar-refractivity contribution in [1.29, 1.82) is 0 Å². The number of ether oxygens (including phenoxy) is 2. The first kappa shape index (κ1) is 33.6. The average molecular weight is 633 g/mol. The number of β-amino-alcohol motifs (C(OH)–C–C–N with tert-alkyl or cyclic N) is 1. The van der Waals surface area contributed by atoms with Crippen LogP contribution in [0.1, 0.15) is 84.5 Å². The van der Waals surface area contributed by atoms with Crippen LogP contribution in [-0.4, -0.2) is 122 Å². The van der Waals surface area contributed by atoms with E-state index in [0.717, 1.165) is 58.3 Å². The van der Waals surface area contributed by atoms with Gasteiger partial charge < -0.3 is 29.7 Å². The second kappa shape index (κ2) is 15.7. The maximum Gasteiger partial charge on any atom is 0.223 e. The Morgan fingerprint density at radius 2 is 1.82 bits per heavy atom. The zero-order valence-electron chi connectivity index (χ0n) is 27.8.